The summed E-state index contributed by atoms with van der Waals surface area (Å²) in [6, 6.07) is 12.6. The van der Waals surface area contributed by atoms with Gasteiger partial charge in [0.2, 0.25) is 11.8 Å². The average Bonchev–Trinajstić information content (AvgIpc) is 2.93. The monoisotopic (exact) mass is 627 g/mol. The van der Waals surface area contributed by atoms with Crippen LogP contribution < -0.4 is 20.7 Å². The number of carbonyl (C=O) groups excluding carboxylic acids is 3. The van der Waals surface area contributed by atoms with Crippen molar-refractivity contribution in [1.29, 1.82) is 0 Å². The minimum absolute atomic E-state index is 0.0378. The van der Waals surface area contributed by atoms with Crippen molar-refractivity contribution in [1.82, 2.24) is 14.9 Å². The summed E-state index contributed by atoms with van der Waals surface area (Å²) in [5.74, 6) is -1.54. The number of rotatable bonds is 12. The van der Waals surface area contributed by atoms with E-state index < -0.39 is 39.5 Å². The maximum absolute atomic E-state index is 14.5. The highest BCUT2D eigenvalue weighted by molar-refractivity contribution is 7.90. The molecule has 10 nitrogen and oxygen atoms in total. The number of benzene rings is 2. The molecule has 0 saturated heterocycles. The molecule has 0 aromatic heterocycles. The first-order valence-corrected chi connectivity index (χ1v) is 16.2. The van der Waals surface area contributed by atoms with Gasteiger partial charge in [0.15, 0.2) is 0 Å². The van der Waals surface area contributed by atoms with E-state index in [9.17, 15) is 22.8 Å². The predicted octanol–water partition coefficient (Wildman–Crippen LogP) is 4.19. The number of hydrogen-bond donors (Lipinski definition) is 3. The lowest BCUT2D eigenvalue weighted by Crippen LogP contribution is -2.61. The second-order valence-electron chi connectivity index (χ2n) is 12.9. The van der Waals surface area contributed by atoms with E-state index in [0.717, 1.165) is 0 Å². The molecule has 0 aliphatic heterocycles. The topological polar surface area (TPSA) is 142 Å². The molecule has 3 unspecified atom stereocenters. The molecule has 11 heteroatoms. The van der Waals surface area contributed by atoms with Gasteiger partial charge < -0.3 is 16.0 Å². The molecule has 2 rings (SSSR count). The highest BCUT2D eigenvalue weighted by Crippen LogP contribution is 2.32. The second-order valence-corrected chi connectivity index (χ2v) is 14.5. The average molecular weight is 628 g/mol. The molecule has 44 heavy (non-hydrogen) atoms. The van der Waals surface area contributed by atoms with E-state index in [1.165, 1.54) is 31.2 Å². The third-order valence-electron chi connectivity index (χ3n) is 7.50. The second kappa shape index (κ2) is 14.9. The smallest absolute Gasteiger partial charge is 0.264 e. The number of para-hydroxylation sites is 1. The van der Waals surface area contributed by atoms with E-state index in [4.69, 9.17) is 5.73 Å². The first kappa shape index (κ1) is 36.5. The molecule has 242 valence electrons. The van der Waals surface area contributed by atoms with Crippen LogP contribution in [0.5, 0.6) is 0 Å². The molecule has 2 aromatic rings. The lowest BCUT2D eigenvalue weighted by Gasteiger charge is -2.44. The number of sulfonamides is 1. The molecule has 3 atom stereocenters. The van der Waals surface area contributed by atoms with Gasteiger partial charge in [-0.05, 0) is 67.6 Å². The first-order chi connectivity index (χ1) is 20.3. The first-order valence-electron chi connectivity index (χ1n) is 14.8. The zero-order valence-electron chi connectivity index (χ0n) is 27.6. The molecule has 0 fully saturated rings. The summed E-state index contributed by atoms with van der Waals surface area (Å²) >= 11 is 0. The molecule has 0 bridgehead atoms. The van der Waals surface area contributed by atoms with E-state index in [1.54, 1.807) is 30.0 Å². The maximum Gasteiger partial charge on any atom is 0.264 e. The number of nitrogens with one attached hydrogen (secondary N) is 2. The summed E-state index contributed by atoms with van der Waals surface area (Å²) in [5, 5.41) is 3.11. The third kappa shape index (κ3) is 8.92. The summed E-state index contributed by atoms with van der Waals surface area (Å²) in [6.07, 6.45) is 1.59. The quantitative estimate of drug-likeness (QED) is 0.237. The number of amides is 3. The molecule has 0 aliphatic carbocycles. The maximum atomic E-state index is 14.5. The molecule has 2 aromatic carbocycles. The molecule has 3 amide bonds. The highest BCUT2D eigenvalue weighted by atomic mass is 32.2. The van der Waals surface area contributed by atoms with Crippen molar-refractivity contribution in [3.8, 4) is 0 Å². The van der Waals surface area contributed by atoms with Crippen LogP contribution in [0.1, 0.15) is 55.4 Å². The summed E-state index contributed by atoms with van der Waals surface area (Å²) in [5.41, 5.74) is 6.09. The molecule has 0 spiro atoms. The van der Waals surface area contributed by atoms with Gasteiger partial charge >= 0.3 is 0 Å². The summed E-state index contributed by atoms with van der Waals surface area (Å²) in [6.45, 7) is 15.0. The number of nitrogens with two attached hydrogens (primary N) is 1. The van der Waals surface area contributed by atoms with Crippen LogP contribution in [0.15, 0.2) is 71.1 Å². The third-order valence-corrected chi connectivity index (χ3v) is 8.85. The molecular weight excluding hydrogens is 578 g/mol. The Bertz CT molecular complexity index is 1430. The summed E-state index contributed by atoms with van der Waals surface area (Å²) in [7, 11) is -0.771. The Kier molecular flexibility index (Phi) is 12.3. The largest absolute Gasteiger partial charge is 0.399 e. The van der Waals surface area contributed by atoms with E-state index in [0.29, 0.717) is 11.4 Å². The van der Waals surface area contributed by atoms with Crippen LogP contribution in [0.3, 0.4) is 0 Å². The predicted molar refractivity (Wildman–Crippen MR) is 176 cm³/mol. The van der Waals surface area contributed by atoms with Gasteiger partial charge in [0.25, 0.3) is 15.9 Å². The minimum Gasteiger partial charge on any atom is -0.399 e. The van der Waals surface area contributed by atoms with Gasteiger partial charge in [0.05, 0.1) is 17.0 Å². The zero-order valence-corrected chi connectivity index (χ0v) is 28.4. The van der Waals surface area contributed by atoms with E-state index >= 15 is 0 Å². The highest BCUT2D eigenvalue weighted by Gasteiger charge is 2.44. The van der Waals surface area contributed by atoms with E-state index in [2.05, 4.69) is 10.0 Å². The Morgan fingerprint density at radius 3 is 1.89 bits per heavy atom. The van der Waals surface area contributed by atoms with Crippen molar-refractivity contribution in [2.45, 2.75) is 78.4 Å². The van der Waals surface area contributed by atoms with E-state index in [1.807, 2.05) is 78.8 Å². The number of hydrogen-bond acceptors (Lipinski definition) is 7. The normalized spacial score (nSPS) is 14.6. The van der Waals surface area contributed by atoms with Gasteiger partial charge in [-0.15, -0.1) is 0 Å². The molecule has 0 saturated carbocycles. The lowest BCUT2D eigenvalue weighted by molar-refractivity contribution is -0.138. The molecule has 0 aliphatic rings. The van der Waals surface area contributed by atoms with Crippen LogP contribution in [0, 0.1) is 17.3 Å². The van der Waals surface area contributed by atoms with E-state index in [-0.39, 0.29) is 34.1 Å². The minimum atomic E-state index is -4.14. The Balaban J connectivity index is 2.52. The zero-order chi connectivity index (χ0) is 33.6. The Morgan fingerprint density at radius 1 is 0.886 bits per heavy atom. The van der Waals surface area contributed by atoms with Crippen LogP contribution in [0.2, 0.25) is 0 Å². The lowest BCUT2D eigenvalue weighted by atomic mass is 9.83. The van der Waals surface area contributed by atoms with Crippen molar-refractivity contribution < 1.29 is 22.8 Å². The van der Waals surface area contributed by atoms with Crippen molar-refractivity contribution in [2.75, 3.05) is 24.7 Å². The number of carbonyl (C=O) groups is 3. The standard InChI is InChI=1S/C33H49N5O5S/c1-21(2)27(20-23(5)30(39)36-44(42,43)26-18-16-24(34)17-19-26)37(10)32(41)29(33(6,7)8)38(25-14-12-11-13-15-25)31(40)28(35-9)22(3)4/h11-22,27-29,35H,34H2,1-10H3,(H,36,39). The van der Waals surface area contributed by atoms with Crippen LogP contribution in [0.4, 0.5) is 11.4 Å². The van der Waals surface area contributed by atoms with Crippen LogP contribution >= 0.6 is 0 Å². The number of nitrogen functional groups attached to an aromatic ring is 1. The molecule has 0 radical (unpaired) electrons. The molecular formula is C33H49N5O5S. The Morgan fingerprint density at radius 2 is 1.43 bits per heavy atom. The molecule has 0 heterocycles. The number of anilines is 2. The summed E-state index contributed by atoms with van der Waals surface area (Å²) in [4.78, 5) is 44.7. The fourth-order valence-electron chi connectivity index (χ4n) is 5.08. The SMILES string of the molecule is CNC(C(=O)N(c1ccccc1)C(C(=O)N(C)C(C=C(C)C(=O)NS(=O)(=O)c1ccc(N)cc1)C(C)C)C(C)(C)C)C(C)C. The van der Waals surface area contributed by atoms with Gasteiger partial charge in [-0.1, -0.05) is 72.7 Å². The van der Waals surface area contributed by atoms with Crippen molar-refractivity contribution in [3.05, 3.63) is 66.2 Å². The molecule has 4 N–H and O–H groups in total. The van der Waals surface area contributed by atoms with Gasteiger partial charge in [-0.2, -0.15) is 0 Å². The van der Waals surface area contributed by atoms with Gasteiger partial charge in [-0.25, -0.2) is 13.1 Å². The van der Waals surface area contributed by atoms with Gasteiger partial charge in [-0.3, -0.25) is 19.3 Å². The van der Waals surface area contributed by atoms with Crippen molar-refractivity contribution >= 4 is 39.1 Å². The Labute approximate surface area is 263 Å². The van der Waals surface area contributed by atoms with Crippen molar-refractivity contribution in [3.63, 3.8) is 0 Å². The number of likely N-dealkylation sites (N-methyl/N-ethyl adjacent to an activating group) is 2. The fraction of sp³-hybridized carbons (Fsp3) is 0.485. The van der Waals surface area contributed by atoms with Crippen LogP contribution in [0.25, 0.3) is 0 Å². The van der Waals surface area contributed by atoms with Crippen LogP contribution in [-0.4, -0.2) is 63.3 Å². The van der Waals surface area contributed by atoms with Gasteiger partial charge in [0.1, 0.15) is 6.04 Å². The fourth-order valence-corrected chi connectivity index (χ4v) is 6.10. The van der Waals surface area contributed by atoms with Crippen molar-refractivity contribution in [2.24, 2.45) is 17.3 Å². The summed E-state index contributed by atoms with van der Waals surface area (Å²) < 4.78 is 27.7. The van der Waals surface area contributed by atoms with Gasteiger partial charge in [0, 0.05) is 24.0 Å². The Hall–Kier alpha value is -3.70. The number of nitrogens with zero attached hydrogens (tertiary/aromatic N) is 2. The van der Waals surface area contributed by atoms with Crippen LogP contribution in [-0.2, 0) is 24.4 Å².